The van der Waals surface area contributed by atoms with Gasteiger partial charge in [0.15, 0.2) is 0 Å². The predicted octanol–water partition coefficient (Wildman–Crippen LogP) is 4.72. The van der Waals surface area contributed by atoms with Crippen LogP contribution in [0, 0.1) is 0 Å². The van der Waals surface area contributed by atoms with Crippen LogP contribution in [0.3, 0.4) is 0 Å². The molecule has 0 amide bonds. The monoisotopic (exact) mass is 347 g/mol. The lowest BCUT2D eigenvalue weighted by atomic mass is 10.1. The molecule has 0 saturated carbocycles. The van der Waals surface area contributed by atoms with E-state index in [0.717, 1.165) is 33.4 Å². The van der Waals surface area contributed by atoms with Crippen molar-refractivity contribution < 1.29 is 4.42 Å². The van der Waals surface area contributed by atoms with Crippen LogP contribution in [0.2, 0.25) is 0 Å². The van der Waals surface area contributed by atoms with Crippen LogP contribution in [-0.2, 0) is 0 Å². The van der Waals surface area contributed by atoms with E-state index >= 15 is 0 Å². The maximum atomic E-state index is 5.93. The van der Waals surface area contributed by atoms with E-state index in [1.54, 1.807) is 6.20 Å². The van der Waals surface area contributed by atoms with Crippen molar-refractivity contribution in [2.75, 3.05) is 0 Å². The van der Waals surface area contributed by atoms with Gasteiger partial charge in [0.2, 0.25) is 0 Å². The van der Waals surface area contributed by atoms with Gasteiger partial charge in [-0.25, -0.2) is 4.98 Å². The number of H-pyrrole nitrogens is 1. The highest BCUT2D eigenvalue weighted by Crippen LogP contribution is 2.28. The van der Waals surface area contributed by atoms with Crippen LogP contribution in [0.1, 0.15) is 43.9 Å². The van der Waals surface area contributed by atoms with Gasteiger partial charge in [-0.1, -0.05) is 22.9 Å². The van der Waals surface area contributed by atoms with Crippen molar-refractivity contribution in [1.29, 1.82) is 0 Å². The molecule has 0 spiro atoms. The zero-order chi connectivity index (χ0) is 14.8. The molecule has 3 rings (SSSR count). The maximum absolute atomic E-state index is 5.93. The summed E-state index contributed by atoms with van der Waals surface area (Å²) in [6.45, 7) is 4.25. The summed E-state index contributed by atoms with van der Waals surface area (Å²) in [7, 11) is 0. The number of hydrogen-bond acceptors (Lipinski definition) is 3. The number of nitrogens with zero attached hydrogens (tertiary/aromatic N) is 1. The highest BCUT2D eigenvalue weighted by molar-refractivity contribution is 9.10. The number of furan rings is 1. The molecular formula is C16H18BrN3O. The number of aromatic nitrogens is 2. The average Bonchev–Trinajstić information content (AvgIpc) is 3.12. The Morgan fingerprint density at radius 1 is 1.38 bits per heavy atom. The first-order chi connectivity index (χ1) is 10.2. The minimum Gasteiger partial charge on any atom is -0.459 e. The summed E-state index contributed by atoms with van der Waals surface area (Å²) in [5.41, 5.74) is 0.910. The van der Waals surface area contributed by atoms with Gasteiger partial charge >= 0.3 is 0 Å². The number of imidazole rings is 1. The second-order valence-electron chi connectivity index (χ2n) is 5.15. The normalized spacial score (nSPS) is 14.4. The van der Waals surface area contributed by atoms with E-state index in [1.807, 2.05) is 18.3 Å². The van der Waals surface area contributed by atoms with Gasteiger partial charge in [0.1, 0.15) is 17.2 Å². The van der Waals surface area contributed by atoms with E-state index in [0.29, 0.717) is 0 Å². The van der Waals surface area contributed by atoms with Crippen LogP contribution in [0.15, 0.2) is 45.5 Å². The molecule has 2 atom stereocenters. The molecule has 1 aromatic carbocycles. The lowest BCUT2D eigenvalue weighted by molar-refractivity contribution is 0.390. The Morgan fingerprint density at radius 2 is 2.24 bits per heavy atom. The van der Waals surface area contributed by atoms with E-state index in [2.05, 4.69) is 57.2 Å². The second-order valence-corrected chi connectivity index (χ2v) is 6.07. The first kappa shape index (κ1) is 14.4. The highest BCUT2D eigenvalue weighted by atomic mass is 79.9. The van der Waals surface area contributed by atoms with Gasteiger partial charge in [-0.3, -0.25) is 5.32 Å². The quantitative estimate of drug-likeness (QED) is 0.701. The molecule has 0 fully saturated rings. The Balaban J connectivity index is 1.81. The van der Waals surface area contributed by atoms with Crippen molar-refractivity contribution in [3.8, 4) is 0 Å². The molecule has 0 aliphatic carbocycles. The van der Waals surface area contributed by atoms with E-state index in [9.17, 15) is 0 Å². The Kier molecular flexibility index (Phi) is 4.12. The summed E-state index contributed by atoms with van der Waals surface area (Å²) in [5.74, 6) is 1.90. The minimum atomic E-state index is 0.117. The Hall–Kier alpha value is -1.59. The number of fused-ring (bicyclic) bond motifs is 1. The lowest BCUT2D eigenvalue weighted by Crippen LogP contribution is -2.24. The lowest BCUT2D eigenvalue weighted by Gasteiger charge is -2.19. The molecular weight excluding hydrogens is 330 g/mol. The van der Waals surface area contributed by atoms with Crippen LogP contribution in [-0.4, -0.2) is 9.97 Å². The van der Waals surface area contributed by atoms with E-state index in [1.165, 1.54) is 0 Å². The van der Waals surface area contributed by atoms with Gasteiger partial charge in [-0.15, -0.1) is 0 Å². The highest BCUT2D eigenvalue weighted by Gasteiger charge is 2.18. The summed E-state index contributed by atoms with van der Waals surface area (Å²) >= 11 is 3.49. The van der Waals surface area contributed by atoms with Crippen LogP contribution >= 0.6 is 15.9 Å². The largest absolute Gasteiger partial charge is 0.459 e. The third kappa shape index (κ3) is 3.04. The number of halogens is 1. The van der Waals surface area contributed by atoms with Gasteiger partial charge in [-0.2, -0.15) is 0 Å². The van der Waals surface area contributed by atoms with Crippen molar-refractivity contribution in [1.82, 2.24) is 15.3 Å². The van der Waals surface area contributed by atoms with Gasteiger partial charge < -0.3 is 9.40 Å². The zero-order valence-electron chi connectivity index (χ0n) is 12.1. The molecule has 4 nitrogen and oxygen atoms in total. The van der Waals surface area contributed by atoms with Crippen molar-refractivity contribution in [3.05, 3.63) is 52.7 Å². The molecule has 0 aliphatic rings. The fraction of sp³-hybridized carbons (Fsp3) is 0.312. The molecule has 0 bridgehead atoms. The summed E-state index contributed by atoms with van der Waals surface area (Å²) in [6.07, 6.45) is 4.59. The molecule has 21 heavy (non-hydrogen) atoms. The van der Waals surface area contributed by atoms with E-state index in [-0.39, 0.29) is 12.1 Å². The van der Waals surface area contributed by atoms with Gasteiger partial charge in [-0.05, 0) is 37.6 Å². The topological polar surface area (TPSA) is 53.9 Å². The van der Waals surface area contributed by atoms with Gasteiger partial charge in [0, 0.05) is 22.3 Å². The number of hydrogen-bond donors (Lipinski definition) is 2. The first-order valence-corrected chi connectivity index (χ1v) is 7.91. The average molecular weight is 348 g/mol. The molecule has 0 aliphatic heterocycles. The van der Waals surface area contributed by atoms with Crippen LogP contribution in [0.4, 0.5) is 0 Å². The van der Waals surface area contributed by atoms with Crippen molar-refractivity contribution in [3.63, 3.8) is 0 Å². The molecule has 2 unspecified atom stereocenters. The Bertz CT molecular complexity index is 720. The maximum Gasteiger partial charge on any atom is 0.134 e. The van der Waals surface area contributed by atoms with Crippen LogP contribution < -0.4 is 5.32 Å². The van der Waals surface area contributed by atoms with E-state index in [4.69, 9.17) is 4.42 Å². The van der Waals surface area contributed by atoms with Gasteiger partial charge in [0.05, 0.1) is 12.1 Å². The molecule has 5 heteroatoms. The molecule has 0 saturated heterocycles. The molecule has 3 aromatic rings. The number of aromatic amines is 1. The molecule has 2 heterocycles. The van der Waals surface area contributed by atoms with Crippen molar-refractivity contribution in [2.45, 2.75) is 32.4 Å². The summed E-state index contributed by atoms with van der Waals surface area (Å²) in [4.78, 5) is 7.50. The van der Waals surface area contributed by atoms with Gasteiger partial charge in [0.25, 0.3) is 0 Å². The summed E-state index contributed by atoms with van der Waals surface area (Å²) in [6, 6.07) is 8.44. The smallest absolute Gasteiger partial charge is 0.134 e. The summed E-state index contributed by atoms with van der Waals surface area (Å²) < 4.78 is 6.99. The fourth-order valence-corrected chi connectivity index (χ4v) is 2.87. The molecule has 110 valence electrons. The third-order valence-electron chi connectivity index (χ3n) is 3.63. The van der Waals surface area contributed by atoms with Crippen molar-refractivity contribution >= 4 is 26.9 Å². The van der Waals surface area contributed by atoms with E-state index < -0.39 is 0 Å². The SMILES string of the molecule is CCC(NC(C)c1cc2cc(Br)ccc2o1)c1ncc[nH]1. The summed E-state index contributed by atoms with van der Waals surface area (Å²) in [5, 5.41) is 4.67. The van der Waals surface area contributed by atoms with Crippen LogP contribution in [0.25, 0.3) is 11.0 Å². The first-order valence-electron chi connectivity index (χ1n) is 7.11. The third-order valence-corrected chi connectivity index (χ3v) is 4.13. The molecule has 0 radical (unpaired) electrons. The standard InChI is InChI=1S/C16H18BrN3O/c1-3-13(16-18-6-7-19-16)20-10(2)15-9-11-8-12(17)4-5-14(11)21-15/h4-10,13,20H,3H2,1-2H3,(H,18,19). The second kappa shape index (κ2) is 6.03. The number of nitrogens with one attached hydrogen (secondary N) is 2. The fourth-order valence-electron chi connectivity index (χ4n) is 2.49. The Labute approximate surface area is 132 Å². The predicted molar refractivity (Wildman–Crippen MR) is 87.1 cm³/mol. The number of benzene rings is 1. The molecule has 2 aromatic heterocycles. The minimum absolute atomic E-state index is 0.117. The van der Waals surface area contributed by atoms with Crippen molar-refractivity contribution in [2.24, 2.45) is 0 Å². The van der Waals surface area contributed by atoms with Crippen LogP contribution in [0.5, 0.6) is 0 Å². The molecule has 2 N–H and O–H groups in total. The Morgan fingerprint density at radius 3 is 2.95 bits per heavy atom. The number of rotatable bonds is 5. The zero-order valence-corrected chi connectivity index (χ0v) is 13.6.